The zero-order chi connectivity index (χ0) is 19.9. The van der Waals surface area contributed by atoms with Crippen molar-refractivity contribution in [1.82, 2.24) is 9.13 Å². The molecule has 0 amide bonds. The smallest absolute Gasteiger partial charge is 0.255 e. The van der Waals surface area contributed by atoms with Crippen LogP contribution in [0.1, 0.15) is 46.0 Å². The highest BCUT2D eigenvalue weighted by atomic mass is 35.5. The number of para-hydroxylation sites is 2. The SMILES string of the molecule is O=C(Cl)c1c2n(c3ccccc13)[C@@H]1CC[C@@H](O1)n1c-2c(C(=O)Cl)c2ccccc21. The molecule has 0 N–H and O–H groups in total. The van der Waals surface area contributed by atoms with Gasteiger partial charge in [-0.25, -0.2) is 0 Å². The quantitative estimate of drug-likeness (QED) is 0.379. The molecule has 0 unspecified atom stereocenters. The molecule has 1 saturated heterocycles. The minimum absolute atomic E-state index is 0.249. The largest absolute Gasteiger partial charge is 0.335 e. The highest BCUT2D eigenvalue weighted by Crippen LogP contribution is 2.51. The van der Waals surface area contributed by atoms with Crippen LogP contribution < -0.4 is 0 Å². The summed E-state index contributed by atoms with van der Waals surface area (Å²) in [6, 6.07) is 15.2. The number of rotatable bonds is 2. The van der Waals surface area contributed by atoms with E-state index in [4.69, 9.17) is 27.9 Å². The molecular formula is C22H14Cl2N2O3. The lowest BCUT2D eigenvalue weighted by Crippen LogP contribution is -2.10. The summed E-state index contributed by atoms with van der Waals surface area (Å²) in [5.41, 5.74) is 3.65. The Morgan fingerprint density at radius 1 is 0.759 bits per heavy atom. The van der Waals surface area contributed by atoms with Crippen molar-refractivity contribution in [3.8, 4) is 11.4 Å². The molecule has 29 heavy (non-hydrogen) atoms. The van der Waals surface area contributed by atoms with Gasteiger partial charge in [0.05, 0.1) is 33.5 Å². The number of carbonyl (C=O) groups excluding carboxylic acids is 2. The van der Waals surface area contributed by atoms with E-state index in [2.05, 4.69) is 0 Å². The Morgan fingerprint density at radius 2 is 1.17 bits per heavy atom. The average molecular weight is 425 g/mol. The first-order valence-electron chi connectivity index (χ1n) is 9.39. The summed E-state index contributed by atoms with van der Waals surface area (Å²) in [5.74, 6) is 0. The molecule has 2 atom stereocenters. The maximum absolute atomic E-state index is 12.6. The number of hydrogen-bond acceptors (Lipinski definition) is 3. The van der Waals surface area contributed by atoms with Crippen LogP contribution >= 0.6 is 23.2 Å². The van der Waals surface area contributed by atoms with E-state index in [1.165, 1.54) is 0 Å². The molecule has 2 bridgehead atoms. The topological polar surface area (TPSA) is 53.2 Å². The molecule has 5 nitrogen and oxygen atoms in total. The van der Waals surface area contributed by atoms with Crippen LogP contribution in [-0.4, -0.2) is 19.6 Å². The van der Waals surface area contributed by atoms with Crippen molar-refractivity contribution in [3.05, 3.63) is 59.7 Å². The van der Waals surface area contributed by atoms with Gasteiger partial charge in [0.25, 0.3) is 10.5 Å². The summed E-state index contributed by atoms with van der Waals surface area (Å²) in [4.78, 5) is 25.2. The van der Waals surface area contributed by atoms with Crippen molar-refractivity contribution in [2.24, 2.45) is 0 Å². The second-order valence-electron chi connectivity index (χ2n) is 7.39. The third kappa shape index (κ3) is 2.15. The van der Waals surface area contributed by atoms with E-state index in [1.54, 1.807) is 0 Å². The van der Waals surface area contributed by atoms with Crippen molar-refractivity contribution in [1.29, 1.82) is 0 Å². The molecular weight excluding hydrogens is 411 g/mol. The monoisotopic (exact) mass is 424 g/mol. The summed E-state index contributed by atoms with van der Waals surface area (Å²) < 4.78 is 10.4. The second kappa shape index (κ2) is 5.95. The fraction of sp³-hybridized carbons (Fsp3) is 0.182. The van der Waals surface area contributed by atoms with E-state index >= 15 is 0 Å². The van der Waals surface area contributed by atoms with Crippen molar-refractivity contribution in [3.63, 3.8) is 0 Å². The lowest BCUT2D eigenvalue weighted by molar-refractivity contribution is -0.0236. The van der Waals surface area contributed by atoms with E-state index in [0.717, 1.165) is 34.6 Å². The molecule has 0 saturated carbocycles. The molecule has 7 heteroatoms. The maximum atomic E-state index is 12.6. The lowest BCUT2D eigenvalue weighted by Gasteiger charge is -2.16. The fourth-order valence-corrected chi connectivity index (χ4v) is 5.35. The average Bonchev–Trinajstić information content (AvgIpc) is 3.35. The number of ether oxygens (including phenoxy) is 1. The lowest BCUT2D eigenvalue weighted by atomic mass is 10.1. The number of nitrogens with zero attached hydrogens (tertiary/aromatic N) is 2. The van der Waals surface area contributed by atoms with Crippen LogP contribution in [0.15, 0.2) is 48.5 Å². The van der Waals surface area contributed by atoms with Crippen molar-refractivity contribution in [2.75, 3.05) is 0 Å². The minimum atomic E-state index is -0.572. The molecule has 1 fully saturated rings. The van der Waals surface area contributed by atoms with Crippen LogP contribution in [0.4, 0.5) is 0 Å². The van der Waals surface area contributed by atoms with Crippen molar-refractivity contribution in [2.45, 2.75) is 25.3 Å². The number of benzene rings is 2. The predicted molar refractivity (Wildman–Crippen MR) is 112 cm³/mol. The summed E-state index contributed by atoms with van der Waals surface area (Å²) in [5, 5.41) is 0.331. The van der Waals surface area contributed by atoms with Gasteiger partial charge in [-0.2, -0.15) is 0 Å². The van der Waals surface area contributed by atoms with Crippen LogP contribution in [0, 0.1) is 0 Å². The van der Waals surface area contributed by atoms with Gasteiger partial charge in [0.1, 0.15) is 12.5 Å². The normalized spacial score (nSPS) is 19.9. The van der Waals surface area contributed by atoms with E-state index in [-0.39, 0.29) is 12.5 Å². The molecule has 2 aromatic heterocycles. The first-order valence-corrected chi connectivity index (χ1v) is 10.1. The van der Waals surface area contributed by atoms with Gasteiger partial charge in [0, 0.05) is 10.8 Å². The summed E-state index contributed by atoms with van der Waals surface area (Å²) in [6.07, 6.45) is 1.09. The zero-order valence-corrected chi connectivity index (χ0v) is 16.6. The number of carbonyl (C=O) groups is 2. The van der Waals surface area contributed by atoms with Gasteiger partial charge in [-0.15, -0.1) is 0 Å². The van der Waals surface area contributed by atoms with Gasteiger partial charge >= 0.3 is 0 Å². The van der Waals surface area contributed by atoms with Crippen molar-refractivity contribution >= 4 is 55.5 Å². The Morgan fingerprint density at radius 3 is 1.59 bits per heavy atom. The molecule has 2 aliphatic rings. The van der Waals surface area contributed by atoms with Crippen LogP contribution in [0.2, 0.25) is 0 Å². The zero-order valence-electron chi connectivity index (χ0n) is 15.1. The molecule has 6 rings (SSSR count). The van der Waals surface area contributed by atoms with E-state index in [0.29, 0.717) is 22.5 Å². The van der Waals surface area contributed by atoms with Crippen molar-refractivity contribution < 1.29 is 14.3 Å². The second-order valence-corrected chi connectivity index (χ2v) is 8.08. The molecule has 144 valence electrons. The Bertz CT molecular complexity index is 1260. The van der Waals surface area contributed by atoms with Gasteiger partial charge < -0.3 is 13.9 Å². The Hall–Kier alpha value is -2.60. The fourth-order valence-electron chi connectivity index (χ4n) is 4.97. The Labute approximate surface area is 175 Å². The molecule has 0 radical (unpaired) electrons. The Balaban J connectivity index is 1.90. The molecule has 0 spiro atoms. The number of halogens is 2. The van der Waals surface area contributed by atoms with Crippen LogP contribution in [0.3, 0.4) is 0 Å². The van der Waals surface area contributed by atoms with Gasteiger partial charge in [0.2, 0.25) is 0 Å². The van der Waals surface area contributed by atoms with Gasteiger partial charge in [0.15, 0.2) is 0 Å². The summed E-state index contributed by atoms with van der Waals surface area (Å²) in [6.45, 7) is 0. The van der Waals surface area contributed by atoms with Crippen LogP contribution in [0.25, 0.3) is 33.2 Å². The van der Waals surface area contributed by atoms with E-state index in [1.807, 2.05) is 57.7 Å². The Kier molecular flexibility index (Phi) is 3.55. The standard InChI is InChI=1S/C22H14Cl2N2O3/c23-21(27)17-11-5-1-3-7-13(11)25-15-9-10-16(29-15)26-14-8-4-2-6-12(14)18(22(24)28)20(26)19(17)25/h1-8,15-16H,9-10H2/t15-,16+. The number of aromatic nitrogens is 2. The highest BCUT2D eigenvalue weighted by Gasteiger charge is 2.41. The van der Waals surface area contributed by atoms with Gasteiger partial charge in [-0.05, 0) is 48.2 Å². The third-order valence-corrected chi connectivity index (χ3v) is 6.37. The molecule has 4 heterocycles. The highest BCUT2D eigenvalue weighted by molar-refractivity contribution is 6.70. The molecule has 4 aromatic rings. The minimum Gasteiger partial charge on any atom is -0.335 e. The number of hydrogen-bond donors (Lipinski definition) is 0. The maximum Gasteiger partial charge on any atom is 0.255 e. The van der Waals surface area contributed by atoms with Crippen LogP contribution in [0.5, 0.6) is 0 Å². The van der Waals surface area contributed by atoms with E-state index in [9.17, 15) is 9.59 Å². The summed E-state index contributed by atoms with van der Waals surface area (Å²) >= 11 is 12.2. The third-order valence-electron chi connectivity index (χ3n) is 5.99. The number of fused-ring (bicyclic) bond motifs is 11. The van der Waals surface area contributed by atoms with E-state index < -0.39 is 10.5 Å². The van der Waals surface area contributed by atoms with Gasteiger partial charge in [-0.1, -0.05) is 36.4 Å². The molecule has 2 aromatic carbocycles. The van der Waals surface area contributed by atoms with Crippen LogP contribution in [-0.2, 0) is 4.74 Å². The van der Waals surface area contributed by atoms with Gasteiger partial charge in [-0.3, -0.25) is 9.59 Å². The molecule has 0 aliphatic carbocycles. The molecule has 2 aliphatic heterocycles. The first-order chi connectivity index (χ1) is 14.1. The first kappa shape index (κ1) is 17.3. The summed E-state index contributed by atoms with van der Waals surface area (Å²) in [7, 11) is 0. The predicted octanol–water partition coefficient (Wildman–Crippen LogP) is 5.84.